The Morgan fingerprint density at radius 3 is 2.59 bits per heavy atom. The highest BCUT2D eigenvalue weighted by molar-refractivity contribution is 14.1. The third-order valence-electron chi connectivity index (χ3n) is 2.05. The Morgan fingerprint density at radius 2 is 2.06 bits per heavy atom. The van der Waals surface area contributed by atoms with Crippen molar-refractivity contribution >= 4 is 38.5 Å². The zero-order valence-corrected chi connectivity index (χ0v) is 13.4. The van der Waals surface area contributed by atoms with Crippen LogP contribution in [0.3, 0.4) is 0 Å². The van der Waals surface area contributed by atoms with Crippen molar-refractivity contribution in [2.45, 2.75) is 13.5 Å². The molecule has 17 heavy (non-hydrogen) atoms. The van der Waals surface area contributed by atoms with Gasteiger partial charge in [0.2, 0.25) is 0 Å². The Kier molecular flexibility index (Phi) is 6.58. The van der Waals surface area contributed by atoms with E-state index in [0.29, 0.717) is 6.61 Å². The number of allylic oxidation sites excluding steroid dienone is 4. The highest BCUT2D eigenvalue weighted by Gasteiger charge is 2.02. The molecule has 0 saturated carbocycles. The summed E-state index contributed by atoms with van der Waals surface area (Å²) in [6.45, 7) is 6.42. The molecule has 0 atom stereocenters. The van der Waals surface area contributed by atoms with Crippen LogP contribution in [-0.4, -0.2) is 0 Å². The van der Waals surface area contributed by atoms with Crippen LogP contribution < -0.4 is 0 Å². The van der Waals surface area contributed by atoms with Gasteiger partial charge in [0.05, 0.1) is 0 Å². The first-order valence-electron chi connectivity index (χ1n) is 5.18. The van der Waals surface area contributed by atoms with Gasteiger partial charge in [-0.05, 0) is 41.2 Å². The molecule has 0 fully saturated rings. The van der Waals surface area contributed by atoms with Gasteiger partial charge in [0.25, 0.3) is 0 Å². The zero-order valence-electron chi connectivity index (χ0n) is 9.62. The van der Waals surface area contributed by atoms with Crippen LogP contribution in [0.25, 0.3) is 0 Å². The van der Waals surface area contributed by atoms with Gasteiger partial charge in [-0.2, -0.15) is 0 Å². The van der Waals surface area contributed by atoms with Gasteiger partial charge in [0.15, 0.2) is 0 Å². The van der Waals surface area contributed by atoms with E-state index in [-0.39, 0.29) is 0 Å². The minimum atomic E-state index is 0.554. The number of benzene rings is 1. The molecule has 0 heterocycles. The van der Waals surface area contributed by atoms with Crippen LogP contribution in [0.15, 0.2) is 62.9 Å². The number of hydrogen-bond donors (Lipinski definition) is 0. The van der Waals surface area contributed by atoms with Gasteiger partial charge in [0.1, 0.15) is 12.4 Å². The molecule has 0 radical (unpaired) electrons. The maximum Gasteiger partial charge on any atom is 0.133 e. The summed E-state index contributed by atoms with van der Waals surface area (Å²) in [6, 6.07) is 10.1. The van der Waals surface area contributed by atoms with Crippen molar-refractivity contribution in [2.75, 3.05) is 0 Å². The molecule has 90 valence electrons. The fourth-order valence-corrected chi connectivity index (χ4v) is 1.66. The quantitative estimate of drug-likeness (QED) is 0.366. The summed E-state index contributed by atoms with van der Waals surface area (Å²) in [7, 11) is 0. The molecule has 0 spiro atoms. The van der Waals surface area contributed by atoms with Crippen molar-refractivity contribution in [1.29, 1.82) is 0 Å². The molecule has 0 aliphatic rings. The Labute approximate surface area is 125 Å². The Bertz CT molecular complexity index is 435. The molecule has 0 unspecified atom stereocenters. The summed E-state index contributed by atoms with van der Waals surface area (Å²) in [5.41, 5.74) is 1.15. The van der Waals surface area contributed by atoms with Crippen molar-refractivity contribution in [2.24, 2.45) is 0 Å². The summed E-state index contributed by atoms with van der Waals surface area (Å²) in [5.74, 6) is 0.791. The fourth-order valence-electron chi connectivity index (χ4n) is 1.14. The molecule has 1 rings (SSSR count). The predicted octanol–water partition coefficient (Wildman–Crippen LogP) is 5.33. The van der Waals surface area contributed by atoms with Crippen molar-refractivity contribution in [3.05, 3.63) is 68.4 Å². The zero-order chi connectivity index (χ0) is 12.7. The first kappa shape index (κ1) is 14.5. The van der Waals surface area contributed by atoms with Gasteiger partial charge in [-0.1, -0.05) is 58.9 Å². The molecule has 0 aliphatic heterocycles. The Hall–Kier alpha value is -0.550. The van der Waals surface area contributed by atoms with E-state index in [9.17, 15) is 0 Å². The second-order valence-electron chi connectivity index (χ2n) is 3.36. The molecule has 0 aliphatic carbocycles. The van der Waals surface area contributed by atoms with E-state index < -0.39 is 0 Å². The number of halogens is 2. The second kappa shape index (κ2) is 7.71. The van der Waals surface area contributed by atoms with Gasteiger partial charge in [-0.25, -0.2) is 0 Å². The molecule has 3 heteroatoms. The minimum absolute atomic E-state index is 0.554. The summed E-state index contributed by atoms with van der Waals surface area (Å²) >= 11 is 5.59. The van der Waals surface area contributed by atoms with Crippen LogP contribution in [0.2, 0.25) is 0 Å². The van der Waals surface area contributed by atoms with Crippen molar-refractivity contribution in [3.8, 4) is 0 Å². The van der Waals surface area contributed by atoms with Crippen LogP contribution >= 0.6 is 38.5 Å². The van der Waals surface area contributed by atoms with Gasteiger partial charge in [-0.15, -0.1) is 0 Å². The van der Waals surface area contributed by atoms with Gasteiger partial charge >= 0.3 is 0 Å². The van der Waals surface area contributed by atoms with Crippen LogP contribution in [0.4, 0.5) is 0 Å². The summed E-state index contributed by atoms with van der Waals surface area (Å²) in [5, 5.41) is 0. The van der Waals surface area contributed by atoms with E-state index in [0.717, 1.165) is 19.4 Å². The monoisotopic (exact) mass is 404 g/mol. The van der Waals surface area contributed by atoms with Gasteiger partial charge in [-0.3, -0.25) is 0 Å². The Balaban J connectivity index is 2.70. The molecule has 0 amide bonds. The molecule has 1 nitrogen and oxygen atoms in total. The standard InChI is InChI=1S/C14H14BrIO/c1-3-13(15)9-14(11(2)16)17-10-12-7-5-4-6-8-12/h3-9H,2,10H2,1H3/b13-3+,14-9+. The summed E-state index contributed by atoms with van der Waals surface area (Å²) in [4.78, 5) is 0. The highest BCUT2D eigenvalue weighted by Crippen LogP contribution is 2.22. The van der Waals surface area contributed by atoms with E-state index in [1.165, 1.54) is 0 Å². The molecular weight excluding hydrogens is 391 g/mol. The Morgan fingerprint density at radius 1 is 1.41 bits per heavy atom. The normalized spacial score (nSPS) is 12.4. The fraction of sp³-hybridized carbons (Fsp3) is 0.143. The highest BCUT2D eigenvalue weighted by atomic mass is 127. The van der Waals surface area contributed by atoms with Crippen LogP contribution in [-0.2, 0) is 11.3 Å². The smallest absolute Gasteiger partial charge is 0.133 e. The maximum atomic E-state index is 5.75. The predicted molar refractivity (Wildman–Crippen MR) is 85.2 cm³/mol. The third-order valence-corrected chi connectivity index (χ3v) is 3.27. The average Bonchev–Trinajstić information content (AvgIpc) is 2.35. The summed E-state index contributed by atoms with van der Waals surface area (Å²) in [6.07, 6.45) is 3.89. The molecule has 0 aromatic heterocycles. The topological polar surface area (TPSA) is 9.23 Å². The third kappa shape index (κ3) is 5.55. The van der Waals surface area contributed by atoms with Gasteiger partial charge in [0, 0.05) is 8.06 Å². The molecule has 1 aromatic carbocycles. The first-order valence-corrected chi connectivity index (χ1v) is 7.05. The largest absolute Gasteiger partial charge is 0.488 e. The molecular formula is C14H14BrIO. The number of hydrogen-bond acceptors (Lipinski definition) is 1. The van der Waals surface area contributed by atoms with Crippen LogP contribution in [0.5, 0.6) is 0 Å². The van der Waals surface area contributed by atoms with E-state index >= 15 is 0 Å². The van der Waals surface area contributed by atoms with E-state index in [4.69, 9.17) is 4.74 Å². The lowest BCUT2D eigenvalue weighted by Gasteiger charge is -2.09. The average molecular weight is 405 g/mol. The maximum absolute atomic E-state index is 5.75. The van der Waals surface area contributed by atoms with Crippen LogP contribution in [0.1, 0.15) is 12.5 Å². The first-order chi connectivity index (χ1) is 8.13. The minimum Gasteiger partial charge on any atom is -0.488 e. The molecule has 0 bridgehead atoms. The number of rotatable bonds is 5. The molecule has 0 N–H and O–H groups in total. The molecule has 1 aromatic rings. The van der Waals surface area contributed by atoms with Crippen LogP contribution in [0, 0.1) is 0 Å². The number of ether oxygens (including phenoxy) is 1. The van der Waals surface area contributed by atoms with Crippen molar-refractivity contribution in [1.82, 2.24) is 0 Å². The van der Waals surface area contributed by atoms with Crippen molar-refractivity contribution < 1.29 is 4.74 Å². The van der Waals surface area contributed by atoms with E-state index in [1.807, 2.05) is 49.4 Å². The van der Waals surface area contributed by atoms with Crippen molar-refractivity contribution in [3.63, 3.8) is 0 Å². The van der Waals surface area contributed by atoms with E-state index in [1.54, 1.807) is 0 Å². The SMILES string of the molecule is C=C(I)/C(=C\C(Br)=C/C)OCc1ccccc1. The lowest BCUT2D eigenvalue weighted by atomic mass is 10.2. The van der Waals surface area contributed by atoms with E-state index in [2.05, 4.69) is 45.1 Å². The lowest BCUT2D eigenvalue weighted by Crippen LogP contribution is -1.93. The lowest BCUT2D eigenvalue weighted by molar-refractivity contribution is 0.210. The summed E-state index contributed by atoms with van der Waals surface area (Å²) < 4.78 is 7.62. The second-order valence-corrected chi connectivity index (χ2v) is 5.58. The molecule has 0 saturated heterocycles. The van der Waals surface area contributed by atoms with Gasteiger partial charge < -0.3 is 4.74 Å².